The molecule has 140 valence electrons. The first-order valence-corrected chi connectivity index (χ1v) is 8.34. The number of hydrogen-bond acceptors (Lipinski definition) is 3. The number of nitrogens with zero attached hydrogens (tertiary/aromatic N) is 1. The molecule has 0 unspecified atom stereocenters. The van der Waals surface area contributed by atoms with E-state index in [9.17, 15) is 23.5 Å². The van der Waals surface area contributed by atoms with Gasteiger partial charge >= 0.3 is 0 Å². The number of primary amides is 1. The number of phenols is 1. The Morgan fingerprint density at radius 1 is 1.26 bits per heavy atom. The zero-order chi connectivity index (χ0) is 20.0. The SMILES string of the molecule is Cc1c([C@H](C)C(N)=O)c2c(F)c(O)c(F)cc2n1C(=O)c1cccc(Cl)c1. The largest absolute Gasteiger partial charge is 0.503 e. The highest BCUT2D eigenvalue weighted by molar-refractivity contribution is 6.31. The average molecular weight is 393 g/mol. The first-order valence-electron chi connectivity index (χ1n) is 7.96. The highest BCUT2D eigenvalue weighted by Gasteiger charge is 2.29. The van der Waals surface area contributed by atoms with Crippen LogP contribution < -0.4 is 5.73 Å². The van der Waals surface area contributed by atoms with Gasteiger partial charge in [0.25, 0.3) is 5.91 Å². The van der Waals surface area contributed by atoms with E-state index in [4.69, 9.17) is 17.3 Å². The van der Waals surface area contributed by atoms with Gasteiger partial charge in [0.05, 0.1) is 11.4 Å². The number of carbonyl (C=O) groups excluding carboxylic acids is 2. The maximum atomic E-state index is 14.7. The van der Waals surface area contributed by atoms with Gasteiger partial charge in [0.15, 0.2) is 17.4 Å². The Labute approximate surface area is 158 Å². The van der Waals surface area contributed by atoms with Gasteiger partial charge in [-0.05, 0) is 37.6 Å². The number of aromatic nitrogens is 1. The fourth-order valence-electron chi connectivity index (χ4n) is 3.20. The lowest BCUT2D eigenvalue weighted by Gasteiger charge is -2.10. The zero-order valence-electron chi connectivity index (χ0n) is 14.4. The summed E-state index contributed by atoms with van der Waals surface area (Å²) in [6.45, 7) is 2.93. The third-order valence-electron chi connectivity index (χ3n) is 4.54. The van der Waals surface area contributed by atoms with Gasteiger partial charge in [-0.1, -0.05) is 17.7 Å². The minimum absolute atomic E-state index is 0.112. The van der Waals surface area contributed by atoms with Crippen LogP contribution in [0, 0.1) is 18.6 Å². The first kappa shape index (κ1) is 18.8. The number of aromatic hydroxyl groups is 1. The number of phenolic OH excluding ortho intramolecular Hbond substituents is 1. The van der Waals surface area contributed by atoms with Gasteiger partial charge in [-0.2, -0.15) is 0 Å². The Morgan fingerprint density at radius 3 is 2.52 bits per heavy atom. The molecule has 0 radical (unpaired) electrons. The van der Waals surface area contributed by atoms with Crippen LogP contribution in [-0.4, -0.2) is 21.5 Å². The molecule has 0 aliphatic rings. The summed E-state index contributed by atoms with van der Waals surface area (Å²) in [6, 6.07) is 6.91. The lowest BCUT2D eigenvalue weighted by molar-refractivity contribution is -0.119. The lowest BCUT2D eigenvalue weighted by Crippen LogP contribution is -2.20. The van der Waals surface area contributed by atoms with Crippen LogP contribution in [-0.2, 0) is 4.79 Å². The number of benzene rings is 2. The molecule has 3 rings (SSSR count). The Kier molecular flexibility index (Phi) is 4.65. The summed E-state index contributed by atoms with van der Waals surface area (Å²) in [5.74, 6) is -5.99. The molecule has 5 nitrogen and oxygen atoms in total. The molecule has 3 N–H and O–H groups in total. The van der Waals surface area contributed by atoms with E-state index < -0.39 is 35.1 Å². The molecule has 1 aromatic heterocycles. The molecule has 1 atom stereocenters. The van der Waals surface area contributed by atoms with Gasteiger partial charge in [-0.3, -0.25) is 14.2 Å². The number of carbonyl (C=O) groups is 2. The highest BCUT2D eigenvalue weighted by atomic mass is 35.5. The normalized spacial score (nSPS) is 12.3. The van der Waals surface area contributed by atoms with E-state index in [2.05, 4.69) is 0 Å². The second-order valence-corrected chi connectivity index (χ2v) is 6.63. The Hall–Kier alpha value is -2.93. The van der Waals surface area contributed by atoms with Crippen molar-refractivity contribution < 1.29 is 23.5 Å². The van der Waals surface area contributed by atoms with Crippen LogP contribution in [0.15, 0.2) is 30.3 Å². The van der Waals surface area contributed by atoms with Crippen molar-refractivity contribution >= 4 is 34.3 Å². The molecule has 0 spiro atoms. The summed E-state index contributed by atoms with van der Waals surface area (Å²) in [4.78, 5) is 24.7. The molecule has 1 amide bonds. The first-order chi connectivity index (χ1) is 12.6. The molecule has 0 aliphatic carbocycles. The van der Waals surface area contributed by atoms with Gasteiger partial charge in [0, 0.05) is 27.7 Å². The van der Waals surface area contributed by atoms with Crippen LogP contribution in [0.2, 0.25) is 5.02 Å². The number of halogens is 3. The second kappa shape index (κ2) is 6.66. The Balaban J connectivity index is 2.41. The van der Waals surface area contributed by atoms with E-state index in [0.29, 0.717) is 5.02 Å². The second-order valence-electron chi connectivity index (χ2n) is 6.19. The molecular weight excluding hydrogens is 378 g/mol. The fourth-order valence-corrected chi connectivity index (χ4v) is 3.39. The standard InChI is InChI=1S/C19H15ClF2N2O3/c1-8(18(23)26)14-9(2)24(19(27)10-4-3-5-11(20)6-10)13-7-12(21)17(25)16(22)15(13)14/h3-8,25H,1-2H3,(H2,23,26)/t8-/m0/s1. The van der Waals surface area contributed by atoms with E-state index in [1.165, 1.54) is 26.0 Å². The molecule has 0 bridgehead atoms. The number of hydrogen-bond donors (Lipinski definition) is 2. The van der Waals surface area contributed by atoms with Crippen molar-refractivity contribution in [1.82, 2.24) is 4.57 Å². The van der Waals surface area contributed by atoms with E-state index in [-0.39, 0.29) is 27.7 Å². The average Bonchev–Trinajstić information content (AvgIpc) is 2.90. The molecule has 0 aliphatic heterocycles. The maximum absolute atomic E-state index is 14.7. The molecule has 27 heavy (non-hydrogen) atoms. The third-order valence-corrected chi connectivity index (χ3v) is 4.78. The molecule has 1 heterocycles. The van der Waals surface area contributed by atoms with Gasteiger partial charge in [-0.25, -0.2) is 8.78 Å². The highest BCUT2D eigenvalue weighted by Crippen LogP contribution is 2.38. The molecule has 0 saturated heterocycles. The van der Waals surface area contributed by atoms with Crippen LogP contribution in [0.1, 0.15) is 34.5 Å². The van der Waals surface area contributed by atoms with Crippen LogP contribution in [0.5, 0.6) is 5.75 Å². The van der Waals surface area contributed by atoms with Crippen molar-refractivity contribution in [3.05, 3.63) is 63.8 Å². The molecule has 0 fully saturated rings. The minimum Gasteiger partial charge on any atom is -0.503 e. The minimum atomic E-state index is -1.26. The molecular formula is C19H15ClF2N2O3. The van der Waals surface area contributed by atoms with Gasteiger partial charge in [-0.15, -0.1) is 0 Å². The summed E-state index contributed by atoms with van der Waals surface area (Å²) in [7, 11) is 0. The van der Waals surface area contributed by atoms with Crippen LogP contribution in [0.4, 0.5) is 8.78 Å². The molecule has 3 aromatic rings. The number of amides is 1. The number of nitrogens with two attached hydrogens (primary N) is 1. The predicted octanol–water partition coefficient (Wildman–Crippen LogP) is 3.86. The summed E-state index contributed by atoms with van der Waals surface area (Å²) in [5.41, 5.74) is 5.75. The van der Waals surface area contributed by atoms with E-state index >= 15 is 0 Å². The summed E-state index contributed by atoms with van der Waals surface area (Å²) in [5, 5.41) is 9.75. The van der Waals surface area contributed by atoms with E-state index in [1.807, 2.05) is 0 Å². The van der Waals surface area contributed by atoms with Crippen LogP contribution in [0.25, 0.3) is 10.9 Å². The Bertz CT molecular complexity index is 1110. The smallest absolute Gasteiger partial charge is 0.262 e. The van der Waals surface area contributed by atoms with Gasteiger partial charge < -0.3 is 10.8 Å². The van der Waals surface area contributed by atoms with Crippen LogP contribution >= 0.6 is 11.6 Å². The third kappa shape index (κ3) is 2.94. The van der Waals surface area contributed by atoms with Gasteiger partial charge in [0.1, 0.15) is 0 Å². The van der Waals surface area contributed by atoms with Gasteiger partial charge in [0.2, 0.25) is 5.91 Å². The van der Waals surface area contributed by atoms with Crippen LogP contribution in [0.3, 0.4) is 0 Å². The van der Waals surface area contributed by atoms with Crippen molar-refractivity contribution in [3.8, 4) is 5.75 Å². The summed E-state index contributed by atoms with van der Waals surface area (Å²) in [6.07, 6.45) is 0. The van der Waals surface area contributed by atoms with Crippen molar-refractivity contribution in [3.63, 3.8) is 0 Å². The number of fused-ring (bicyclic) bond motifs is 1. The number of rotatable bonds is 3. The summed E-state index contributed by atoms with van der Waals surface area (Å²) >= 11 is 5.93. The maximum Gasteiger partial charge on any atom is 0.262 e. The van der Waals surface area contributed by atoms with E-state index in [1.54, 1.807) is 12.1 Å². The Morgan fingerprint density at radius 2 is 1.93 bits per heavy atom. The lowest BCUT2D eigenvalue weighted by atomic mass is 9.97. The predicted molar refractivity (Wildman–Crippen MR) is 97.0 cm³/mol. The summed E-state index contributed by atoms with van der Waals surface area (Å²) < 4.78 is 29.8. The molecule has 8 heteroatoms. The fraction of sp³-hybridized carbons (Fsp3) is 0.158. The quantitative estimate of drug-likeness (QED) is 0.709. The van der Waals surface area contributed by atoms with Crippen molar-refractivity contribution in [2.45, 2.75) is 19.8 Å². The molecule has 2 aromatic carbocycles. The van der Waals surface area contributed by atoms with Crippen molar-refractivity contribution in [2.75, 3.05) is 0 Å². The van der Waals surface area contributed by atoms with Crippen molar-refractivity contribution in [2.24, 2.45) is 5.73 Å². The topological polar surface area (TPSA) is 85.3 Å². The monoisotopic (exact) mass is 392 g/mol. The zero-order valence-corrected chi connectivity index (χ0v) is 15.1. The molecule has 0 saturated carbocycles. The van der Waals surface area contributed by atoms with E-state index in [0.717, 1.165) is 10.6 Å². The van der Waals surface area contributed by atoms with Crippen molar-refractivity contribution in [1.29, 1.82) is 0 Å².